The average Bonchev–Trinajstić information content (AvgIpc) is 2.82. The second-order valence-corrected chi connectivity index (χ2v) is 8.35. The summed E-state index contributed by atoms with van der Waals surface area (Å²) in [6, 6.07) is 4.60. The van der Waals surface area contributed by atoms with Gasteiger partial charge in [-0.15, -0.1) is 0 Å². The molecule has 2 atom stereocenters. The number of hydrogen-bond donors (Lipinski definition) is 0. The number of ether oxygens (including phenoxy) is 1. The quantitative estimate of drug-likeness (QED) is 0.670. The van der Waals surface area contributed by atoms with Crippen molar-refractivity contribution < 1.29 is 27.5 Å². The standard InChI is InChI=1S/C20H24F3NO3/c1-19(2,3)27-18(26)24-13-8-9-14(24)11-12(10-13)17(25)15-6-4-5-7-16(15)20(21,22)23/h4-7,12-14H,8-11H2,1-3H3. The van der Waals surface area contributed by atoms with Crippen LogP contribution >= 0.6 is 0 Å². The number of hydrogen-bond acceptors (Lipinski definition) is 3. The van der Waals surface area contributed by atoms with Gasteiger partial charge in [0.2, 0.25) is 0 Å². The molecule has 2 fully saturated rings. The number of carbonyl (C=O) groups excluding carboxylic acids is 2. The van der Waals surface area contributed by atoms with Crippen molar-refractivity contribution in [1.82, 2.24) is 4.90 Å². The zero-order chi connectivity index (χ0) is 20.0. The molecular weight excluding hydrogens is 359 g/mol. The Balaban J connectivity index is 1.78. The van der Waals surface area contributed by atoms with Gasteiger partial charge in [0, 0.05) is 23.6 Å². The van der Waals surface area contributed by atoms with Crippen molar-refractivity contribution in [3.63, 3.8) is 0 Å². The predicted molar refractivity (Wildman–Crippen MR) is 93.4 cm³/mol. The van der Waals surface area contributed by atoms with Crippen LogP contribution in [0.15, 0.2) is 24.3 Å². The smallest absolute Gasteiger partial charge is 0.417 e. The van der Waals surface area contributed by atoms with E-state index in [-0.39, 0.29) is 17.6 Å². The molecular formula is C20H24F3NO3. The fourth-order valence-electron chi connectivity index (χ4n) is 4.17. The number of fused-ring (bicyclic) bond motifs is 2. The zero-order valence-electron chi connectivity index (χ0n) is 15.7. The Kier molecular flexibility index (Phi) is 4.99. The van der Waals surface area contributed by atoms with Gasteiger partial charge in [-0.05, 0) is 52.5 Å². The lowest BCUT2D eigenvalue weighted by molar-refractivity contribution is -0.137. The highest BCUT2D eigenvalue weighted by Crippen LogP contribution is 2.42. The normalized spacial score (nSPS) is 25.4. The molecule has 1 aromatic carbocycles. The molecule has 2 aliphatic heterocycles. The van der Waals surface area contributed by atoms with Crippen LogP contribution in [-0.4, -0.2) is 34.5 Å². The molecule has 0 radical (unpaired) electrons. The zero-order valence-corrected chi connectivity index (χ0v) is 15.7. The van der Waals surface area contributed by atoms with E-state index in [0.29, 0.717) is 12.8 Å². The number of piperidine rings is 1. The molecule has 1 aromatic rings. The number of rotatable bonds is 2. The summed E-state index contributed by atoms with van der Waals surface area (Å²) in [5.41, 5.74) is -1.79. The number of nitrogens with zero attached hydrogens (tertiary/aromatic N) is 1. The largest absolute Gasteiger partial charge is 0.444 e. The van der Waals surface area contributed by atoms with E-state index in [4.69, 9.17) is 4.74 Å². The molecule has 3 rings (SSSR count). The van der Waals surface area contributed by atoms with Gasteiger partial charge in [-0.1, -0.05) is 18.2 Å². The van der Waals surface area contributed by atoms with Crippen LogP contribution in [0.1, 0.15) is 62.4 Å². The third-order valence-corrected chi connectivity index (χ3v) is 5.21. The molecule has 2 unspecified atom stereocenters. The minimum absolute atomic E-state index is 0.161. The maximum absolute atomic E-state index is 13.2. The van der Waals surface area contributed by atoms with Crippen molar-refractivity contribution in [3.05, 3.63) is 35.4 Å². The topological polar surface area (TPSA) is 46.6 Å². The maximum atomic E-state index is 13.2. The van der Waals surface area contributed by atoms with Crippen LogP contribution in [0.4, 0.5) is 18.0 Å². The minimum Gasteiger partial charge on any atom is -0.444 e. The number of benzene rings is 1. The lowest BCUT2D eigenvalue weighted by Crippen LogP contribution is -2.49. The lowest BCUT2D eigenvalue weighted by atomic mass is 9.83. The van der Waals surface area contributed by atoms with Crippen molar-refractivity contribution in [2.75, 3.05) is 0 Å². The third-order valence-electron chi connectivity index (χ3n) is 5.21. The van der Waals surface area contributed by atoms with Crippen LogP contribution in [-0.2, 0) is 10.9 Å². The predicted octanol–water partition coefficient (Wildman–Crippen LogP) is 5.07. The Morgan fingerprint density at radius 2 is 1.59 bits per heavy atom. The van der Waals surface area contributed by atoms with Crippen LogP contribution in [0.2, 0.25) is 0 Å². The highest BCUT2D eigenvalue weighted by Gasteiger charge is 2.47. The fraction of sp³-hybridized carbons (Fsp3) is 0.600. The van der Waals surface area contributed by atoms with Gasteiger partial charge in [0.05, 0.1) is 5.56 Å². The van der Waals surface area contributed by atoms with Gasteiger partial charge in [0.15, 0.2) is 5.78 Å². The third kappa shape index (κ3) is 4.12. The van der Waals surface area contributed by atoms with Gasteiger partial charge in [-0.3, -0.25) is 4.79 Å². The van der Waals surface area contributed by atoms with Crippen LogP contribution < -0.4 is 0 Å². The molecule has 7 heteroatoms. The summed E-state index contributed by atoms with van der Waals surface area (Å²) in [5.74, 6) is -0.992. The van der Waals surface area contributed by atoms with Crippen LogP contribution in [0.5, 0.6) is 0 Å². The molecule has 1 amide bonds. The average molecular weight is 383 g/mol. The molecule has 0 saturated carbocycles. The molecule has 2 saturated heterocycles. The molecule has 2 bridgehead atoms. The first-order chi connectivity index (χ1) is 12.5. The first-order valence-corrected chi connectivity index (χ1v) is 9.19. The highest BCUT2D eigenvalue weighted by molar-refractivity contribution is 5.99. The maximum Gasteiger partial charge on any atom is 0.417 e. The van der Waals surface area contributed by atoms with Gasteiger partial charge in [-0.2, -0.15) is 13.2 Å². The number of carbonyl (C=O) groups is 2. The Hall–Kier alpha value is -2.05. The van der Waals surface area contributed by atoms with Crippen molar-refractivity contribution in [2.24, 2.45) is 5.92 Å². The number of halogens is 3. The summed E-state index contributed by atoms with van der Waals surface area (Å²) in [6.07, 6.45) is -2.73. The number of alkyl halides is 3. The van der Waals surface area contributed by atoms with E-state index in [2.05, 4.69) is 0 Å². The molecule has 4 nitrogen and oxygen atoms in total. The Bertz CT molecular complexity index is 725. The summed E-state index contributed by atoms with van der Waals surface area (Å²) in [4.78, 5) is 27.0. The fourth-order valence-corrected chi connectivity index (χ4v) is 4.17. The Morgan fingerprint density at radius 3 is 2.11 bits per heavy atom. The van der Waals surface area contributed by atoms with Gasteiger partial charge >= 0.3 is 12.3 Å². The number of amides is 1. The van der Waals surface area contributed by atoms with E-state index in [1.807, 2.05) is 0 Å². The first-order valence-electron chi connectivity index (χ1n) is 9.19. The summed E-state index contributed by atoms with van der Waals surface area (Å²) in [7, 11) is 0. The van der Waals surface area contributed by atoms with Crippen molar-refractivity contribution in [3.8, 4) is 0 Å². The molecule has 0 spiro atoms. The molecule has 0 N–H and O–H groups in total. The minimum atomic E-state index is -4.57. The second-order valence-electron chi connectivity index (χ2n) is 8.35. The first kappa shape index (κ1) is 19.7. The molecule has 0 aromatic heterocycles. The van der Waals surface area contributed by atoms with Gasteiger partial charge in [0.25, 0.3) is 0 Å². The summed E-state index contributed by atoms with van der Waals surface area (Å²) in [6.45, 7) is 5.37. The number of ketones is 1. The van der Waals surface area contributed by atoms with E-state index >= 15 is 0 Å². The Labute approximate surface area is 156 Å². The van der Waals surface area contributed by atoms with Crippen LogP contribution in [0.3, 0.4) is 0 Å². The SMILES string of the molecule is CC(C)(C)OC(=O)N1C2CCC1CC(C(=O)c1ccccc1C(F)(F)F)C2. The van der Waals surface area contributed by atoms with E-state index in [1.165, 1.54) is 18.2 Å². The molecule has 27 heavy (non-hydrogen) atoms. The van der Waals surface area contributed by atoms with Crippen molar-refractivity contribution in [1.29, 1.82) is 0 Å². The van der Waals surface area contributed by atoms with E-state index < -0.39 is 35.1 Å². The van der Waals surface area contributed by atoms with Crippen LogP contribution in [0.25, 0.3) is 0 Å². The van der Waals surface area contributed by atoms with Crippen LogP contribution in [0, 0.1) is 5.92 Å². The van der Waals surface area contributed by atoms with Crippen molar-refractivity contribution >= 4 is 11.9 Å². The monoisotopic (exact) mass is 383 g/mol. The summed E-state index contributed by atoms with van der Waals surface area (Å²) < 4.78 is 45.2. The molecule has 2 aliphatic rings. The molecule has 0 aliphatic carbocycles. The van der Waals surface area contributed by atoms with Crippen molar-refractivity contribution in [2.45, 2.75) is 70.3 Å². The summed E-state index contributed by atoms with van der Waals surface area (Å²) in [5, 5.41) is 0. The molecule has 2 heterocycles. The second kappa shape index (κ2) is 6.84. The van der Waals surface area contributed by atoms with Gasteiger partial charge in [0.1, 0.15) is 5.60 Å². The lowest BCUT2D eigenvalue weighted by Gasteiger charge is -2.39. The highest BCUT2D eigenvalue weighted by atomic mass is 19.4. The van der Waals surface area contributed by atoms with Gasteiger partial charge in [-0.25, -0.2) is 4.79 Å². The Morgan fingerprint density at radius 1 is 1.04 bits per heavy atom. The van der Waals surface area contributed by atoms with E-state index in [0.717, 1.165) is 18.9 Å². The van der Waals surface area contributed by atoms with E-state index in [1.54, 1.807) is 25.7 Å². The summed E-state index contributed by atoms with van der Waals surface area (Å²) >= 11 is 0. The molecule has 148 valence electrons. The van der Waals surface area contributed by atoms with E-state index in [9.17, 15) is 22.8 Å². The number of Topliss-reactive ketones (excluding diaryl/α,β-unsaturated/α-hetero) is 1. The van der Waals surface area contributed by atoms with Gasteiger partial charge < -0.3 is 9.64 Å².